The van der Waals surface area contributed by atoms with Crippen LogP contribution in [0.2, 0.25) is 0 Å². The van der Waals surface area contributed by atoms with Gasteiger partial charge in [-0.25, -0.2) is 4.79 Å². The van der Waals surface area contributed by atoms with Crippen molar-refractivity contribution in [2.75, 3.05) is 18.5 Å². The summed E-state index contributed by atoms with van der Waals surface area (Å²) in [6, 6.07) is 13.3. The number of ether oxygens (including phenoxy) is 1. The van der Waals surface area contributed by atoms with Crippen molar-refractivity contribution >= 4 is 36.5 Å². The highest BCUT2D eigenvalue weighted by Crippen LogP contribution is 2.20. The molecule has 2 amide bonds. The van der Waals surface area contributed by atoms with Crippen LogP contribution in [0.5, 0.6) is 5.75 Å². The number of carbonyl (C=O) groups is 1. The summed E-state index contributed by atoms with van der Waals surface area (Å²) in [5.41, 5.74) is 0.815. The van der Waals surface area contributed by atoms with Gasteiger partial charge in [0.2, 0.25) is 0 Å². The minimum atomic E-state index is -0.0595. The molecular weight excluding hydrogens is 361 g/mol. The van der Waals surface area contributed by atoms with E-state index in [-0.39, 0.29) is 36.9 Å². The predicted molar refractivity (Wildman–Crippen MR) is 104 cm³/mol. The Morgan fingerprint density at radius 3 is 2.68 bits per heavy atom. The maximum absolute atomic E-state index is 12.5. The molecule has 2 heterocycles. The van der Waals surface area contributed by atoms with Gasteiger partial charge in [0.15, 0.2) is 0 Å². The number of likely N-dealkylation sites (tertiary alicyclic amines) is 1. The first-order valence-electron chi connectivity index (χ1n) is 7.98. The molecule has 0 radical (unpaired) electrons. The van der Waals surface area contributed by atoms with Gasteiger partial charge in [-0.05, 0) is 43.5 Å². The van der Waals surface area contributed by atoms with Crippen LogP contribution in [0.4, 0.5) is 10.5 Å². The van der Waals surface area contributed by atoms with E-state index >= 15 is 0 Å². The monoisotopic (exact) mass is 383 g/mol. The maximum atomic E-state index is 12.5. The van der Waals surface area contributed by atoms with E-state index in [0.29, 0.717) is 6.61 Å². The lowest BCUT2D eigenvalue weighted by molar-refractivity contribution is 0.124. The number of urea groups is 1. The lowest BCUT2D eigenvalue weighted by Crippen LogP contribution is -2.48. The summed E-state index contributed by atoms with van der Waals surface area (Å²) in [6.45, 7) is 1.26. The third kappa shape index (κ3) is 6.11. The van der Waals surface area contributed by atoms with E-state index in [2.05, 4.69) is 10.3 Å². The number of rotatable bonds is 4. The lowest BCUT2D eigenvalue weighted by atomic mass is 10.0. The summed E-state index contributed by atoms with van der Waals surface area (Å²) >= 11 is 0. The average Bonchev–Trinajstić information content (AvgIpc) is 2.62. The molecule has 0 saturated carbocycles. The standard InChI is InChI=1S/C18H21N3O2.2ClH/c22-18(20-15-7-2-1-3-8-15)21-12-5-4-9-16(21)14-23-17-10-6-11-19-13-17;;/h1-3,6-8,10-11,13,16H,4-5,9,12,14H2,(H,20,22);2*1H. The molecule has 1 aliphatic heterocycles. The third-order valence-corrected chi connectivity index (χ3v) is 3.99. The van der Waals surface area contributed by atoms with Crippen LogP contribution in [0.1, 0.15) is 19.3 Å². The molecule has 25 heavy (non-hydrogen) atoms. The number of halogens is 2. The van der Waals surface area contributed by atoms with Gasteiger partial charge in [0.05, 0.1) is 12.2 Å². The van der Waals surface area contributed by atoms with E-state index in [1.165, 1.54) is 0 Å². The molecule has 1 atom stereocenters. The molecule has 1 saturated heterocycles. The van der Waals surface area contributed by atoms with E-state index in [0.717, 1.165) is 37.2 Å². The van der Waals surface area contributed by atoms with Gasteiger partial charge in [-0.2, -0.15) is 0 Å². The zero-order valence-corrected chi connectivity index (χ0v) is 15.5. The van der Waals surface area contributed by atoms with Crippen molar-refractivity contribution in [3.8, 4) is 5.75 Å². The fourth-order valence-corrected chi connectivity index (χ4v) is 2.78. The molecule has 3 rings (SSSR count). The number of piperidine rings is 1. The molecular formula is C18H23Cl2N3O2. The zero-order chi connectivity index (χ0) is 15.9. The highest BCUT2D eigenvalue weighted by Gasteiger charge is 2.27. The number of para-hydroxylation sites is 1. The highest BCUT2D eigenvalue weighted by atomic mass is 35.5. The molecule has 1 aromatic carbocycles. The van der Waals surface area contributed by atoms with Crippen LogP contribution in [0.25, 0.3) is 0 Å². The number of hydrogen-bond donors (Lipinski definition) is 1. The van der Waals surface area contributed by atoms with Crippen LogP contribution in [0.3, 0.4) is 0 Å². The third-order valence-electron chi connectivity index (χ3n) is 3.99. The first-order valence-corrected chi connectivity index (χ1v) is 7.98. The molecule has 1 unspecified atom stereocenters. The summed E-state index contributed by atoms with van der Waals surface area (Å²) in [4.78, 5) is 18.5. The summed E-state index contributed by atoms with van der Waals surface area (Å²) in [5, 5.41) is 2.96. The second kappa shape index (κ2) is 10.8. The van der Waals surface area contributed by atoms with Crippen molar-refractivity contribution in [1.29, 1.82) is 0 Å². The molecule has 2 aromatic rings. The molecule has 1 aromatic heterocycles. The van der Waals surface area contributed by atoms with Crippen molar-refractivity contribution in [2.24, 2.45) is 0 Å². The Kier molecular flexibility index (Phi) is 9.10. The smallest absolute Gasteiger partial charge is 0.322 e. The zero-order valence-electron chi connectivity index (χ0n) is 13.8. The van der Waals surface area contributed by atoms with Gasteiger partial charge in [-0.15, -0.1) is 24.8 Å². The van der Waals surface area contributed by atoms with E-state index in [4.69, 9.17) is 4.74 Å². The number of nitrogens with one attached hydrogen (secondary N) is 1. The first-order chi connectivity index (χ1) is 11.3. The Morgan fingerprint density at radius 1 is 1.16 bits per heavy atom. The lowest BCUT2D eigenvalue weighted by Gasteiger charge is -2.35. The minimum absolute atomic E-state index is 0. The van der Waals surface area contributed by atoms with Crippen LogP contribution in [-0.2, 0) is 0 Å². The maximum Gasteiger partial charge on any atom is 0.322 e. The normalized spacial score (nSPS) is 16.2. The van der Waals surface area contributed by atoms with Crippen LogP contribution in [-0.4, -0.2) is 35.1 Å². The van der Waals surface area contributed by atoms with E-state index < -0.39 is 0 Å². The van der Waals surface area contributed by atoms with Crippen molar-refractivity contribution < 1.29 is 9.53 Å². The Bertz CT molecular complexity index is 629. The van der Waals surface area contributed by atoms with E-state index in [1.54, 1.807) is 12.4 Å². The first kappa shape index (κ1) is 21.1. The Morgan fingerprint density at radius 2 is 1.96 bits per heavy atom. The fraction of sp³-hybridized carbons (Fsp3) is 0.333. The Balaban J connectivity index is 0.00000156. The SMILES string of the molecule is Cl.Cl.O=C(Nc1ccccc1)N1CCCCC1COc1cccnc1. The molecule has 136 valence electrons. The van der Waals surface area contributed by atoms with Crippen LogP contribution < -0.4 is 10.1 Å². The fourth-order valence-electron chi connectivity index (χ4n) is 2.78. The number of anilines is 1. The Labute approximate surface area is 160 Å². The van der Waals surface area contributed by atoms with Crippen molar-refractivity contribution in [3.63, 3.8) is 0 Å². The van der Waals surface area contributed by atoms with Crippen LogP contribution in [0.15, 0.2) is 54.9 Å². The quantitative estimate of drug-likeness (QED) is 0.851. The summed E-state index contributed by atoms with van der Waals surface area (Å²) in [6.07, 6.45) is 6.52. The van der Waals surface area contributed by atoms with Gasteiger partial charge in [0, 0.05) is 18.4 Å². The van der Waals surface area contributed by atoms with Crippen molar-refractivity contribution in [3.05, 3.63) is 54.9 Å². The van der Waals surface area contributed by atoms with E-state index in [1.807, 2.05) is 47.4 Å². The number of carbonyl (C=O) groups excluding carboxylic acids is 1. The highest BCUT2D eigenvalue weighted by molar-refractivity contribution is 5.89. The van der Waals surface area contributed by atoms with Gasteiger partial charge in [-0.3, -0.25) is 4.98 Å². The van der Waals surface area contributed by atoms with Gasteiger partial charge < -0.3 is 15.0 Å². The summed E-state index contributed by atoms with van der Waals surface area (Å²) < 4.78 is 5.79. The summed E-state index contributed by atoms with van der Waals surface area (Å²) in [5.74, 6) is 0.737. The number of hydrogen-bond acceptors (Lipinski definition) is 3. The molecule has 0 spiro atoms. The molecule has 7 heteroatoms. The number of pyridine rings is 1. The minimum Gasteiger partial charge on any atom is -0.490 e. The number of amides is 2. The average molecular weight is 384 g/mol. The molecule has 1 fully saturated rings. The number of aromatic nitrogens is 1. The van der Waals surface area contributed by atoms with Gasteiger partial charge in [0.25, 0.3) is 0 Å². The predicted octanol–water partition coefficient (Wildman–Crippen LogP) is 4.39. The second-order valence-electron chi connectivity index (χ2n) is 5.64. The number of benzene rings is 1. The largest absolute Gasteiger partial charge is 0.490 e. The topological polar surface area (TPSA) is 54.5 Å². The van der Waals surface area contributed by atoms with E-state index in [9.17, 15) is 4.79 Å². The molecule has 1 aliphatic rings. The van der Waals surface area contributed by atoms with Crippen molar-refractivity contribution in [1.82, 2.24) is 9.88 Å². The Hall–Kier alpha value is -1.98. The van der Waals surface area contributed by atoms with Gasteiger partial charge in [0.1, 0.15) is 12.4 Å². The molecule has 0 bridgehead atoms. The summed E-state index contributed by atoms with van der Waals surface area (Å²) in [7, 11) is 0. The van der Waals surface area contributed by atoms with Crippen LogP contribution in [0, 0.1) is 0 Å². The van der Waals surface area contributed by atoms with Crippen LogP contribution >= 0.6 is 24.8 Å². The number of nitrogens with zero attached hydrogens (tertiary/aromatic N) is 2. The van der Waals surface area contributed by atoms with Crippen molar-refractivity contribution in [2.45, 2.75) is 25.3 Å². The van der Waals surface area contributed by atoms with Gasteiger partial charge >= 0.3 is 6.03 Å². The molecule has 0 aliphatic carbocycles. The molecule has 1 N–H and O–H groups in total. The molecule has 5 nitrogen and oxygen atoms in total. The van der Waals surface area contributed by atoms with Gasteiger partial charge in [-0.1, -0.05) is 18.2 Å². The second-order valence-corrected chi connectivity index (χ2v) is 5.64.